The maximum Gasteiger partial charge on any atom is 0.0511 e. The van der Waals surface area contributed by atoms with E-state index in [-0.39, 0.29) is 0 Å². The average molecular weight is 524 g/mol. The molecule has 192 valence electrons. The van der Waals surface area contributed by atoms with Gasteiger partial charge in [-0.3, -0.25) is 0 Å². The second-order valence-corrected chi connectivity index (χ2v) is 12.0. The molecule has 2 aliphatic carbocycles. The van der Waals surface area contributed by atoms with Gasteiger partial charge in [0, 0.05) is 31.9 Å². The van der Waals surface area contributed by atoms with Crippen LogP contribution in [-0.4, -0.2) is 0 Å². The molecule has 1 aromatic heterocycles. The van der Waals surface area contributed by atoms with E-state index in [0.717, 1.165) is 25.7 Å². The van der Waals surface area contributed by atoms with E-state index >= 15 is 0 Å². The van der Waals surface area contributed by atoms with Crippen molar-refractivity contribution in [2.45, 2.75) is 46.5 Å². The molecular formula is C37H33NS. The lowest BCUT2D eigenvalue weighted by Crippen LogP contribution is -2.18. The molecule has 0 radical (unpaired) electrons. The van der Waals surface area contributed by atoms with Crippen molar-refractivity contribution in [3.05, 3.63) is 130 Å². The van der Waals surface area contributed by atoms with Crippen LogP contribution in [0, 0.1) is 13.8 Å². The summed E-state index contributed by atoms with van der Waals surface area (Å²) in [5.41, 5.74) is 12.1. The fourth-order valence-electron chi connectivity index (χ4n) is 6.51. The summed E-state index contributed by atoms with van der Waals surface area (Å²) in [7, 11) is 0. The Bertz CT molecular complexity index is 1830. The Balaban J connectivity index is 1.43. The van der Waals surface area contributed by atoms with Crippen molar-refractivity contribution in [2.24, 2.45) is 0 Å². The molecule has 5 aromatic rings. The van der Waals surface area contributed by atoms with Crippen molar-refractivity contribution < 1.29 is 0 Å². The van der Waals surface area contributed by atoms with Crippen LogP contribution in [0.4, 0.5) is 11.4 Å². The number of nitrogens with zero attached hydrogens (tertiary/aromatic N) is 1. The highest BCUT2D eigenvalue weighted by Crippen LogP contribution is 2.47. The van der Waals surface area contributed by atoms with Gasteiger partial charge in [0.1, 0.15) is 0 Å². The maximum atomic E-state index is 2.49. The average Bonchev–Trinajstić information content (AvgIpc) is 3.34. The summed E-state index contributed by atoms with van der Waals surface area (Å²) < 4.78 is 1.42. The molecule has 7 rings (SSSR count). The Morgan fingerprint density at radius 1 is 0.692 bits per heavy atom. The Hall–Kier alpha value is -3.88. The van der Waals surface area contributed by atoms with Crippen LogP contribution >= 0.6 is 11.3 Å². The second-order valence-electron chi connectivity index (χ2n) is 10.9. The summed E-state index contributed by atoms with van der Waals surface area (Å²) in [6.07, 6.45) is 11.4. The first-order valence-corrected chi connectivity index (χ1v) is 14.9. The number of hydrogen-bond donors (Lipinski definition) is 0. The predicted octanol–water partition coefficient (Wildman–Crippen LogP) is 10.9. The third-order valence-electron chi connectivity index (χ3n) is 8.39. The lowest BCUT2D eigenvalue weighted by Gasteiger charge is -2.31. The summed E-state index contributed by atoms with van der Waals surface area (Å²) in [6, 6.07) is 29.3. The van der Waals surface area contributed by atoms with Gasteiger partial charge in [-0.15, -0.1) is 11.3 Å². The molecule has 0 fully saturated rings. The van der Waals surface area contributed by atoms with Gasteiger partial charge < -0.3 is 4.90 Å². The molecule has 1 heterocycles. The molecular weight excluding hydrogens is 490 g/mol. The van der Waals surface area contributed by atoms with E-state index in [0.29, 0.717) is 0 Å². The van der Waals surface area contributed by atoms with Crippen LogP contribution < -0.4 is 4.90 Å². The van der Waals surface area contributed by atoms with E-state index in [2.05, 4.69) is 123 Å². The Labute approximate surface area is 235 Å². The molecule has 0 bridgehead atoms. The zero-order valence-electron chi connectivity index (χ0n) is 22.9. The summed E-state index contributed by atoms with van der Waals surface area (Å²) in [6.45, 7) is 6.78. The van der Waals surface area contributed by atoms with Gasteiger partial charge in [-0.05, 0) is 115 Å². The van der Waals surface area contributed by atoms with Gasteiger partial charge in [-0.2, -0.15) is 0 Å². The number of anilines is 2. The summed E-state index contributed by atoms with van der Waals surface area (Å²) in [5, 5.41) is 4.13. The molecule has 0 saturated heterocycles. The van der Waals surface area contributed by atoms with Crippen LogP contribution in [0.1, 0.15) is 53.3 Å². The number of fused-ring (bicyclic) bond motifs is 5. The molecule has 2 heteroatoms. The summed E-state index contributed by atoms with van der Waals surface area (Å²) >= 11 is 1.99. The van der Waals surface area contributed by atoms with Crippen molar-refractivity contribution in [2.75, 3.05) is 4.90 Å². The monoisotopic (exact) mass is 523 g/mol. The smallest absolute Gasteiger partial charge is 0.0511 e. The highest BCUT2D eigenvalue weighted by Gasteiger charge is 2.27. The standard InChI is InChI=1S/C37H33NS/c1-24-12-7-8-15-29(24)31-21-20-28(22-25(31)2)38(27-13-5-4-6-14-27)34-18-11-19-35-36(34)33-23-26(3)30-16-9-10-17-32(30)37(33)39-35/h4-7,9-10,12-14,16-18,20-23H,8,11,15,19H2,1-3H3. The molecule has 0 N–H and O–H groups in total. The zero-order valence-corrected chi connectivity index (χ0v) is 23.7. The fraction of sp³-hybridized carbons (Fsp3) is 0.189. The van der Waals surface area contributed by atoms with E-state index in [1.807, 2.05) is 11.3 Å². The second kappa shape index (κ2) is 9.70. The van der Waals surface area contributed by atoms with Gasteiger partial charge in [0.2, 0.25) is 0 Å². The third kappa shape index (κ3) is 4.06. The minimum Gasteiger partial charge on any atom is -0.310 e. The molecule has 0 atom stereocenters. The Kier molecular flexibility index (Phi) is 6.01. The summed E-state index contributed by atoms with van der Waals surface area (Å²) in [4.78, 5) is 4.00. The molecule has 39 heavy (non-hydrogen) atoms. The van der Waals surface area contributed by atoms with Crippen LogP contribution in [0.15, 0.2) is 103 Å². The molecule has 0 spiro atoms. The van der Waals surface area contributed by atoms with Crippen LogP contribution in [-0.2, 0) is 6.42 Å². The molecule has 4 aromatic carbocycles. The van der Waals surface area contributed by atoms with Gasteiger partial charge in [0.25, 0.3) is 0 Å². The van der Waals surface area contributed by atoms with Gasteiger partial charge >= 0.3 is 0 Å². The molecule has 0 unspecified atom stereocenters. The topological polar surface area (TPSA) is 3.24 Å². The largest absolute Gasteiger partial charge is 0.310 e. The number of rotatable bonds is 4. The first-order valence-electron chi connectivity index (χ1n) is 14.1. The van der Waals surface area contributed by atoms with Crippen molar-refractivity contribution >= 4 is 54.8 Å². The highest BCUT2D eigenvalue weighted by molar-refractivity contribution is 7.20. The lowest BCUT2D eigenvalue weighted by molar-refractivity contribution is 0.996. The number of benzene rings is 4. The Morgan fingerprint density at radius 3 is 2.28 bits per heavy atom. The third-order valence-corrected chi connectivity index (χ3v) is 9.69. The van der Waals surface area contributed by atoms with Gasteiger partial charge in [-0.1, -0.05) is 66.8 Å². The molecule has 0 amide bonds. The van der Waals surface area contributed by atoms with Crippen LogP contribution in [0.2, 0.25) is 0 Å². The maximum absolute atomic E-state index is 2.49. The fourth-order valence-corrected chi connectivity index (χ4v) is 7.86. The normalized spacial score (nSPS) is 15.1. The van der Waals surface area contributed by atoms with Crippen molar-refractivity contribution in [1.29, 1.82) is 0 Å². The number of hydrogen-bond acceptors (Lipinski definition) is 2. The van der Waals surface area contributed by atoms with Gasteiger partial charge in [0.15, 0.2) is 0 Å². The van der Waals surface area contributed by atoms with E-state index < -0.39 is 0 Å². The SMILES string of the molecule is CC1=C(c2ccc(N(C3=CCCc4sc5c(cc(C)c6ccccc65)c43)c3ccccc3)cc2C)CCC=C1. The number of para-hydroxylation sites is 1. The number of aryl methyl sites for hydroxylation is 3. The molecule has 1 nitrogen and oxygen atoms in total. The van der Waals surface area contributed by atoms with Crippen molar-refractivity contribution in [1.82, 2.24) is 0 Å². The quantitative estimate of drug-likeness (QED) is 0.226. The van der Waals surface area contributed by atoms with E-state index in [1.54, 1.807) is 0 Å². The predicted molar refractivity (Wildman–Crippen MR) is 171 cm³/mol. The van der Waals surface area contributed by atoms with Gasteiger partial charge in [-0.25, -0.2) is 0 Å². The minimum atomic E-state index is 1.06. The number of thiophene rings is 1. The zero-order chi connectivity index (χ0) is 26.5. The first-order chi connectivity index (χ1) is 19.1. The van der Waals surface area contributed by atoms with Crippen LogP contribution in [0.25, 0.3) is 32.1 Å². The van der Waals surface area contributed by atoms with Crippen LogP contribution in [0.3, 0.4) is 0 Å². The van der Waals surface area contributed by atoms with Gasteiger partial charge in [0.05, 0.1) is 5.70 Å². The van der Waals surface area contributed by atoms with E-state index in [9.17, 15) is 0 Å². The minimum absolute atomic E-state index is 1.06. The van der Waals surface area contributed by atoms with Crippen molar-refractivity contribution in [3.8, 4) is 0 Å². The molecule has 0 aliphatic heterocycles. The highest BCUT2D eigenvalue weighted by atomic mass is 32.1. The lowest BCUT2D eigenvalue weighted by atomic mass is 9.89. The number of allylic oxidation sites excluding steroid dienone is 5. The van der Waals surface area contributed by atoms with Crippen molar-refractivity contribution in [3.63, 3.8) is 0 Å². The Morgan fingerprint density at radius 2 is 1.49 bits per heavy atom. The van der Waals surface area contributed by atoms with E-state index in [1.165, 1.54) is 76.2 Å². The molecule has 0 saturated carbocycles. The molecule has 2 aliphatic rings. The first kappa shape index (κ1) is 24.2. The van der Waals surface area contributed by atoms with E-state index in [4.69, 9.17) is 0 Å². The van der Waals surface area contributed by atoms with Crippen LogP contribution in [0.5, 0.6) is 0 Å². The summed E-state index contributed by atoms with van der Waals surface area (Å²) in [5.74, 6) is 0.